The number of ether oxygens (including phenoxy) is 2. The molecule has 0 spiro atoms. The maximum absolute atomic E-state index is 12.1. The Morgan fingerprint density at radius 2 is 1.86 bits per heavy atom. The molecule has 5 nitrogen and oxygen atoms in total. The maximum Gasteiger partial charge on any atom is 0.220 e. The average molecular weight is 305 g/mol. The molecule has 0 unspecified atom stereocenters. The lowest BCUT2D eigenvalue weighted by molar-refractivity contribution is -0.121. The van der Waals surface area contributed by atoms with Crippen LogP contribution in [0.1, 0.15) is 49.4 Å². The van der Waals surface area contributed by atoms with E-state index in [1.165, 1.54) is 0 Å². The molecule has 1 aliphatic rings. The van der Waals surface area contributed by atoms with Crippen molar-refractivity contribution in [2.45, 2.75) is 39.0 Å². The fraction of sp³-hybridized carbons (Fsp3) is 0.529. The van der Waals surface area contributed by atoms with Crippen LogP contribution in [0.4, 0.5) is 0 Å². The Bertz CT molecular complexity index is 527. The van der Waals surface area contributed by atoms with Crippen LogP contribution in [0.5, 0.6) is 11.5 Å². The van der Waals surface area contributed by atoms with E-state index in [-0.39, 0.29) is 11.7 Å². The number of rotatable bonds is 8. The van der Waals surface area contributed by atoms with Gasteiger partial charge >= 0.3 is 0 Å². The summed E-state index contributed by atoms with van der Waals surface area (Å²) in [7, 11) is 0. The Balaban J connectivity index is 1.76. The molecule has 0 saturated heterocycles. The second-order valence-electron chi connectivity index (χ2n) is 5.34. The first-order valence-electron chi connectivity index (χ1n) is 7.90. The molecule has 5 heteroatoms. The number of hydrogen-bond donors (Lipinski definition) is 1. The van der Waals surface area contributed by atoms with E-state index in [1.54, 1.807) is 18.2 Å². The zero-order valence-corrected chi connectivity index (χ0v) is 13.0. The molecule has 1 aromatic rings. The molecule has 0 fully saturated rings. The minimum Gasteiger partial charge on any atom is -0.486 e. The van der Waals surface area contributed by atoms with E-state index in [0.717, 1.165) is 12.8 Å². The monoisotopic (exact) mass is 305 g/mol. The zero-order chi connectivity index (χ0) is 15.8. The van der Waals surface area contributed by atoms with Crippen LogP contribution in [0.25, 0.3) is 0 Å². The zero-order valence-electron chi connectivity index (χ0n) is 13.0. The highest BCUT2D eigenvalue weighted by Crippen LogP contribution is 2.31. The van der Waals surface area contributed by atoms with E-state index in [9.17, 15) is 9.59 Å². The first-order valence-corrected chi connectivity index (χ1v) is 7.90. The fourth-order valence-corrected chi connectivity index (χ4v) is 2.26. The van der Waals surface area contributed by atoms with E-state index in [1.807, 2.05) is 0 Å². The van der Waals surface area contributed by atoms with Gasteiger partial charge in [-0.15, -0.1) is 0 Å². The van der Waals surface area contributed by atoms with Gasteiger partial charge in [0.1, 0.15) is 13.2 Å². The van der Waals surface area contributed by atoms with Gasteiger partial charge in [0.2, 0.25) is 5.91 Å². The standard InChI is InChI=1S/C17H23NO4/c1-2-3-9-18-17(20)6-4-5-14(19)13-7-8-15-16(12-13)22-11-10-21-15/h7-8,12H,2-6,9-11H2,1H3,(H,18,20). The molecule has 0 bridgehead atoms. The van der Waals surface area contributed by atoms with Crippen LogP contribution >= 0.6 is 0 Å². The lowest BCUT2D eigenvalue weighted by atomic mass is 10.0. The summed E-state index contributed by atoms with van der Waals surface area (Å²) in [5.41, 5.74) is 0.607. The molecule has 1 aromatic carbocycles. The van der Waals surface area contributed by atoms with Crippen LogP contribution in [-0.2, 0) is 4.79 Å². The highest BCUT2D eigenvalue weighted by Gasteiger charge is 2.15. The summed E-state index contributed by atoms with van der Waals surface area (Å²) in [6, 6.07) is 5.23. The molecule has 2 rings (SSSR count). The van der Waals surface area contributed by atoms with Gasteiger partial charge in [0.15, 0.2) is 17.3 Å². The molecule has 120 valence electrons. The summed E-state index contributed by atoms with van der Waals surface area (Å²) >= 11 is 0. The van der Waals surface area contributed by atoms with Gasteiger partial charge in [-0.1, -0.05) is 13.3 Å². The van der Waals surface area contributed by atoms with Gasteiger partial charge in [-0.3, -0.25) is 9.59 Å². The second kappa shape index (κ2) is 8.41. The number of carbonyl (C=O) groups excluding carboxylic acids is 2. The molecule has 0 aliphatic carbocycles. The van der Waals surface area contributed by atoms with Gasteiger partial charge in [-0.25, -0.2) is 0 Å². The minimum absolute atomic E-state index is 0.0171. The Morgan fingerprint density at radius 3 is 2.64 bits per heavy atom. The summed E-state index contributed by atoms with van der Waals surface area (Å²) in [5.74, 6) is 1.34. The van der Waals surface area contributed by atoms with Gasteiger partial charge in [-0.05, 0) is 31.0 Å². The van der Waals surface area contributed by atoms with Crippen LogP contribution in [0.3, 0.4) is 0 Å². The van der Waals surface area contributed by atoms with Crippen molar-refractivity contribution in [3.8, 4) is 11.5 Å². The molecule has 0 atom stereocenters. The molecule has 1 amide bonds. The topological polar surface area (TPSA) is 64.6 Å². The summed E-state index contributed by atoms with van der Waals surface area (Å²) in [6.45, 7) is 3.83. The Labute approximate surface area is 131 Å². The summed E-state index contributed by atoms with van der Waals surface area (Å²) < 4.78 is 10.9. The molecular formula is C17H23NO4. The number of benzene rings is 1. The van der Waals surface area contributed by atoms with Crippen molar-refractivity contribution < 1.29 is 19.1 Å². The second-order valence-corrected chi connectivity index (χ2v) is 5.34. The van der Waals surface area contributed by atoms with E-state index < -0.39 is 0 Å². The van der Waals surface area contributed by atoms with Crippen LogP contribution < -0.4 is 14.8 Å². The number of hydrogen-bond acceptors (Lipinski definition) is 4. The normalized spacial score (nSPS) is 12.8. The molecule has 22 heavy (non-hydrogen) atoms. The third-order valence-electron chi connectivity index (χ3n) is 3.52. The Hall–Kier alpha value is -2.04. The van der Waals surface area contributed by atoms with E-state index >= 15 is 0 Å². The van der Waals surface area contributed by atoms with Crippen molar-refractivity contribution in [1.82, 2.24) is 5.32 Å². The lowest BCUT2D eigenvalue weighted by Crippen LogP contribution is -2.24. The first kappa shape index (κ1) is 16.3. The third kappa shape index (κ3) is 4.76. The van der Waals surface area contributed by atoms with Gasteiger partial charge in [-0.2, -0.15) is 0 Å². The number of ketones is 1. The van der Waals surface area contributed by atoms with Gasteiger partial charge in [0.05, 0.1) is 0 Å². The molecule has 1 N–H and O–H groups in total. The summed E-state index contributed by atoms with van der Waals surface area (Å²) in [4.78, 5) is 23.7. The average Bonchev–Trinajstić information content (AvgIpc) is 2.54. The highest BCUT2D eigenvalue weighted by atomic mass is 16.6. The largest absolute Gasteiger partial charge is 0.486 e. The SMILES string of the molecule is CCCCNC(=O)CCCC(=O)c1ccc2c(c1)OCCO2. The van der Waals surface area contributed by atoms with Crippen molar-refractivity contribution in [3.05, 3.63) is 23.8 Å². The summed E-state index contributed by atoms with van der Waals surface area (Å²) in [5, 5.41) is 2.85. The van der Waals surface area contributed by atoms with Crippen molar-refractivity contribution in [2.75, 3.05) is 19.8 Å². The summed E-state index contributed by atoms with van der Waals surface area (Å²) in [6.07, 6.45) is 3.36. The quantitative estimate of drug-likeness (QED) is 0.592. The molecule has 0 aromatic heterocycles. The van der Waals surface area contributed by atoms with Crippen LogP contribution in [-0.4, -0.2) is 31.4 Å². The van der Waals surface area contributed by atoms with Gasteiger partial charge in [0.25, 0.3) is 0 Å². The van der Waals surface area contributed by atoms with Crippen molar-refractivity contribution in [3.63, 3.8) is 0 Å². The first-order chi connectivity index (χ1) is 10.7. The van der Waals surface area contributed by atoms with E-state index in [4.69, 9.17) is 9.47 Å². The maximum atomic E-state index is 12.1. The number of amides is 1. The molecule has 1 heterocycles. The number of nitrogens with one attached hydrogen (secondary N) is 1. The van der Waals surface area contributed by atoms with Crippen LogP contribution in [0.2, 0.25) is 0 Å². The lowest BCUT2D eigenvalue weighted by Gasteiger charge is -2.18. The number of carbonyl (C=O) groups is 2. The smallest absolute Gasteiger partial charge is 0.220 e. The third-order valence-corrected chi connectivity index (χ3v) is 3.52. The number of unbranched alkanes of at least 4 members (excludes halogenated alkanes) is 1. The number of fused-ring (bicyclic) bond motifs is 1. The fourth-order valence-electron chi connectivity index (χ4n) is 2.26. The predicted octanol–water partition coefficient (Wildman–Crippen LogP) is 2.73. The minimum atomic E-state index is 0.0171. The van der Waals surface area contributed by atoms with Crippen molar-refractivity contribution >= 4 is 11.7 Å². The van der Waals surface area contributed by atoms with E-state index in [0.29, 0.717) is 56.1 Å². The molecule has 0 radical (unpaired) electrons. The predicted molar refractivity (Wildman–Crippen MR) is 83.5 cm³/mol. The Kier molecular flexibility index (Phi) is 6.25. The molecule has 0 saturated carbocycles. The molecule has 1 aliphatic heterocycles. The Morgan fingerprint density at radius 1 is 1.09 bits per heavy atom. The van der Waals surface area contributed by atoms with Crippen LogP contribution in [0.15, 0.2) is 18.2 Å². The van der Waals surface area contributed by atoms with Gasteiger partial charge in [0, 0.05) is 24.9 Å². The van der Waals surface area contributed by atoms with Crippen molar-refractivity contribution in [2.24, 2.45) is 0 Å². The van der Waals surface area contributed by atoms with E-state index in [2.05, 4.69) is 12.2 Å². The highest BCUT2D eigenvalue weighted by molar-refractivity contribution is 5.96. The number of Topliss-reactive ketones (excluding diaryl/α,β-unsaturated/α-hetero) is 1. The van der Waals surface area contributed by atoms with Crippen LogP contribution in [0, 0.1) is 0 Å². The van der Waals surface area contributed by atoms with Gasteiger partial charge < -0.3 is 14.8 Å². The van der Waals surface area contributed by atoms with Crippen molar-refractivity contribution in [1.29, 1.82) is 0 Å². The molecular weight excluding hydrogens is 282 g/mol.